The monoisotopic (exact) mass is 199 g/mol. The van der Waals surface area contributed by atoms with Gasteiger partial charge in [-0.15, -0.1) is 0 Å². The molecule has 0 rings (SSSR count). The molecule has 0 aliphatic heterocycles. The first kappa shape index (κ1) is 14.0. The summed E-state index contributed by atoms with van der Waals surface area (Å²) in [5, 5.41) is 0. The van der Waals surface area contributed by atoms with Crippen molar-refractivity contribution in [2.24, 2.45) is 5.92 Å². The molecule has 0 aromatic heterocycles. The molecular weight excluding hydrogens is 170 g/mol. The molecule has 86 valence electrons. The van der Waals surface area contributed by atoms with Gasteiger partial charge in [0.1, 0.15) is 0 Å². The highest BCUT2D eigenvalue weighted by atomic mass is 15.1. The van der Waals surface area contributed by atoms with Gasteiger partial charge in [0.25, 0.3) is 0 Å². The van der Waals surface area contributed by atoms with E-state index in [9.17, 15) is 0 Å². The fraction of sp³-hybridized carbons (Fsp3) is 1.00. The van der Waals surface area contributed by atoms with E-state index in [0.717, 1.165) is 12.0 Å². The summed E-state index contributed by atoms with van der Waals surface area (Å²) in [6.45, 7) is 11.5. The quantitative estimate of drug-likeness (QED) is 0.600. The molecule has 1 heteroatoms. The molecule has 0 bridgehead atoms. The molecule has 0 aliphatic carbocycles. The minimum atomic E-state index is 0.676. The maximum atomic E-state index is 2.54. The van der Waals surface area contributed by atoms with Gasteiger partial charge in [-0.05, 0) is 39.7 Å². The Morgan fingerprint density at radius 2 is 1.64 bits per heavy atom. The van der Waals surface area contributed by atoms with Gasteiger partial charge in [-0.2, -0.15) is 0 Å². The number of hydrogen-bond donors (Lipinski definition) is 0. The average Bonchev–Trinajstić information content (AvgIpc) is 2.15. The lowest BCUT2D eigenvalue weighted by Crippen LogP contribution is -2.38. The van der Waals surface area contributed by atoms with Gasteiger partial charge in [0.15, 0.2) is 0 Å². The SMILES string of the molecule is CCCC(CC(C)CC)N(C)C(C)C. The highest BCUT2D eigenvalue weighted by Crippen LogP contribution is 2.19. The van der Waals surface area contributed by atoms with E-state index in [1.54, 1.807) is 0 Å². The highest BCUT2D eigenvalue weighted by Gasteiger charge is 2.18. The summed E-state index contributed by atoms with van der Waals surface area (Å²) in [5.41, 5.74) is 0. The van der Waals surface area contributed by atoms with Crippen molar-refractivity contribution in [2.75, 3.05) is 7.05 Å². The van der Waals surface area contributed by atoms with Crippen LogP contribution in [0, 0.1) is 5.92 Å². The van der Waals surface area contributed by atoms with E-state index in [0.29, 0.717) is 6.04 Å². The summed E-state index contributed by atoms with van der Waals surface area (Å²) in [4.78, 5) is 2.54. The lowest BCUT2D eigenvalue weighted by Gasteiger charge is -2.33. The summed E-state index contributed by atoms with van der Waals surface area (Å²) < 4.78 is 0. The summed E-state index contributed by atoms with van der Waals surface area (Å²) in [6, 6.07) is 1.46. The first-order chi connectivity index (χ1) is 6.52. The molecule has 0 saturated heterocycles. The van der Waals surface area contributed by atoms with Crippen LogP contribution in [0.25, 0.3) is 0 Å². The van der Waals surface area contributed by atoms with Crippen molar-refractivity contribution in [3.8, 4) is 0 Å². The minimum Gasteiger partial charge on any atom is -0.301 e. The van der Waals surface area contributed by atoms with E-state index in [1.807, 2.05) is 0 Å². The third kappa shape index (κ3) is 4.99. The minimum absolute atomic E-state index is 0.676. The maximum Gasteiger partial charge on any atom is 0.00973 e. The largest absolute Gasteiger partial charge is 0.301 e. The zero-order chi connectivity index (χ0) is 11.1. The molecule has 0 heterocycles. The normalized spacial score (nSPS) is 16.3. The summed E-state index contributed by atoms with van der Waals surface area (Å²) in [6.07, 6.45) is 5.32. The van der Waals surface area contributed by atoms with Crippen LogP contribution in [0.5, 0.6) is 0 Å². The van der Waals surface area contributed by atoms with E-state index in [-0.39, 0.29) is 0 Å². The molecule has 0 amide bonds. The van der Waals surface area contributed by atoms with E-state index >= 15 is 0 Å². The van der Waals surface area contributed by atoms with Gasteiger partial charge in [-0.3, -0.25) is 0 Å². The van der Waals surface area contributed by atoms with E-state index < -0.39 is 0 Å². The van der Waals surface area contributed by atoms with Crippen LogP contribution in [0.1, 0.15) is 60.3 Å². The van der Waals surface area contributed by atoms with Crippen LogP contribution in [0.15, 0.2) is 0 Å². The van der Waals surface area contributed by atoms with Crippen molar-refractivity contribution in [1.82, 2.24) is 4.90 Å². The van der Waals surface area contributed by atoms with Crippen molar-refractivity contribution in [1.29, 1.82) is 0 Å². The molecule has 0 fully saturated rings. The van der Waals surface area contributed by atoms with Gasteiger partial charge in [-0.1, -0.05) is 33.6 Å². The molecule has 1 nitrogen and oxygen atoms in total. The lowest BCUT2D eigenvalue weighted by molar-refractivity contribution is 0.159. The molecule has 2 atom stereocenters. The van der Waals surface area contributed by atoms with Crippen molar-refractivity contribution < 1.29 is 0 Å². The Labute approximate surface area is 90.9 Å². The van der Waals surface area contributed by atoms with Crippen LogP contribution in [-0.4, -0.2) is 24.0 Å². The fourth-order valence-corrected chi connectivity index (χ4v) is 1.87. The number of nitrogens with zero attached hydrogens (tertiary/aromatic N) is 1. The Bertz CT molecular complexity index is 131. The maximum absolute atomic E-state index is 2.54. The number of hydrogen-bond acceptors (Lipinski definition) is 1. The Kier molecular flexibility index (Phi) is 7.26. The standard InChI is InChI=1S/C13H29N/c1-7-9-13(10-12(5)8-2)14(6)11(3)4/h11-13H,7-10H2,1-6H3. The van der Waals surface area contributed by atoms with Crippen LogP contribution < -0.4 is 0 Å². The molecule has 0 saturated carbocycles. The first-order valence-corrected chi connectivity index (χ1v) is 6.24. The van der Waals surface area contributed by atoms with Gasteiger partial charge in [0, 0.05) is 12.1 Å². The molecule has 0 aromatic rings. The van der Waals surface area contributed by atoms with E-state index in [4.69, 9.17) is 0 Å². The van der Waals surface area contributed by atoms with Crippen molar-refractivity contribution in [3.05, 3.63) is 0 Å². The Hall–Kier alpha value is -0.0400. The van der Waals surface area contributed by atoms with E-state index in [1.165, 1.54) is 25.7 Å². The smallest absolute Gasteiger partial charge is 0.00973 e. The molecule has 0 radical (unpaired) electrons. The van der Waals surface area contributed by atoms with Gasteiger partial charge in [0.05, 0.1) is 0 Å². The Balaban J connectivity index is 4.13. The Morgan fingerprint density at radius 3 is 2.00 bits per heavy atom. The van der Waals surface area contributed by atoms with Gasteiger partial charge >= 0.3 is 0 Å². The van der Waals surface area contributed by atoms with Crippen LogP contribution in [0.4, 0.5) is 0 Å². The van der Waals surface area contributed by atoms with E-state index in [2.05, 4.69) is 46.6 Å². The third-order valence-corrected chi connectivity index (χ3v) is 3.38. The second kappa shape index (κ2) is 7.28. The average molecular weight is 199 g/mol. The van der Waals surface area contributed by atoms with Gasteiger partial charge < -0.3 is 4.90 Å². The molecule has 0 aromatic carbocycles. The van der Waals surface area contributed by atoms with Crippen molar-refractivity contribution in [3.63, 3.8) is 0 Å². The van der Waals surface area contributed by atoms with Crippen LogP contribution in [-0.2, 0) is 0 Å². The number of rotatable bonds is 7. The molecule has 0 spiro atoms. The summed E-state index contributed by atoms with van der Waals surface area (Å²) in [5.74, 6) is 0.868. The summed E-state index contributed by atoms with van der Waals surface area (Å²) >= 11 is 0. The zero-order valence-electron chi connectivity index (χ0n) is 11.0. The van der Waals surface area contributed by atoms with Crippen LogP contribution >= 0.6 is 0 Å². The summed E-state index contributed by atoms with van der Waals surface area (Å²) in [7, 11) is 2.27. The van der Waals surface area contributed by atoms with Crippen molar-refractivity contribution >= 4 is 0 Å². The Morgan fingerprint density at radius 1 is 1.07 bits per heavy atom. The lowest BCUT2D eigenvalue weighted by atomic mass is 9.95. The van der Waals surface area contributed by atoms with Crippen molar-refractivity contribution in [2.45, 2.75) is 72.4 Å². The molecule has 0 aliphatic rings. The topological polar surface area (TPSA) is 3.24 Å². The zero-order valence-corrected chi connectivity index (χ0v) is 11.0. The first-order valence-electron chi connectivity index (χ1n) is 6.24. The third-order valence-electron chi connectivity index (χ3n) is 3.38. The highest BCUT2D eigenvalue weighted by molar-refractivity contribution is 4.73. The second-order valence-corrected chi connectivity index (χ2v) is 4.95. The molecular formula is C13H29N. The predicted molar refractivity (Wildman–Crippen MR) is 65.7 cm³/mol. The van der Waals surface area contributed by atoms with Gasteiger partial charge in [0.2, 0.25) is 0 Å². The molecule has 0 N–H and O–H groups in total. The fourth-order valence-electron chi connectivity index (χ4n) is 1.87. The van der Waals surface area contributed by atoms with Gasteiger partial charge in [-0.25, -0.2) is 0 Å². The molecule has 2 unspecified atom stereocenters. The predicted octanol–water partition coefficient (Wildman–Crippen LogP) is 3.93. The van der Waals surface area contributed by atoms with Crippen LogP contribution in [0.2, 0.25) is 0 Å². The second-order valence-electron chi connectivity index (χ2n) is 4.95. The van der Waals surface area contributed by atoms with Crippen LogP contribution in [0.3, 0.4) is 0 Å². The molecule has 14 heavy (non-hydrogen) atoms.